The number of nitrogens with one attached hydrogen (secondary N) is 2. The summed E-state index contributed by atoms with van der Waals surface area (Å²) in [5.41, 5.74) is 8.09. The number of carbonyl (C=O) groups is 1. The van der Waals surface area contributed by atoms with Gasteiger partial charge < -0.3 is 4.98 Å². The molecule has 4 aromatic rings. The molecule has 14 heteroatoms. The molecule has 0 saturated heterocycles. The van der Waals surface area contributed by atoms with Crippen molar-refractivity contribution in [3.63, 3.8) is 0 Å². The number of amides is 1. The monoisotopic (exact) mass is 612 g/mol. The second-order valence-corrected chi connectivity index (χ2v) is 11.3. The maximum absolute atomic E-state index is 13.4. The van der Waals surface area contributed by atoms with Crippen molar-refractivity contribution in [3.05, 3.63) is 81.7 Å². The van der Waals surface area contributed by atoms with Gasteiger partial charge in [-0.25, -0.2) is 32.2 Å². The minimum absolute atomic E-state index is 0.0215. The molecule has 0 aliphatic heterocycles. The number of fused-ring (bicyclic) bond motifs is 1. The number of hydrogen-bond donors (Lipinski definition) is 3. The van der Waals surface area contributed by atoms with Gasteiger partial charge >= 0.3 is 5.91 Å². The number of H-pyrrole nitrogens is 1. The first-order chi connectivity index (χ1) is 17.0. The topological polar surface area (TPSA) is 201 Å². The van der Waals surface area contributed by atoms with E-state index in [-0.39, 0.29) is 10.8 Å². The van der Waals surface area contributed by atoms with Gasteiger partial charge in [0.15, 0.2) is 0 Å². The summed E-state index contributed by atoms with van der Waals surface area (Å²) in [6, 6.07) is 15.9. The van der Waals surface area contributed by atoms with Crippen LogP contribution in [0.5, 0.6) is 0 Å². The van der Waals surface area contributed by atoms with Crippen molar-refractivity contribution < 1.29 is 46.8 Å². The van der Waals surface area contributed by atoms with Gasteiger partial charge in [0.2, 0.25) is 21.4 Å². The highest BCUT2D eigenvalue weighted by Gasteiger charge is 2.25. The third-order valence-corrected chi connectivity index (χ3v) is 6.64. The van der Waals surface area contributed by atoms with Crippen molar-refractivity contribution in [2.24, 2.45) is 5.14 Å². The van der Waals surface area contributed by atoms with Gasteiger partial charge in [-0.15, -0.1) is 15.7 Å². The third-order valence-electron chi connectivity index (χ3n) is 5.23. The van der Waals surface area contributed by atoms with E-state index in [4.69, 9.17) is 23.8 Å². The summed E-state index contributed by atoms with van der Waals surface area (Å²) >= 11 is 3.47. The normalized spacial score (nSPS) is 11.7. The largest absolute Gasteiger partial charge is 0.350 e. The van der Waals surface area contributed by atoms with E-state index in [1.54, 1.807) is 10.7 Å². The number of halogens is 2. The van der Waals surface area contributed by atoms with Crippen molar-refractivity contribution in [2.45, 2.75) is 25.7 Å². The van der Waals surface area contributed by atoms with Crippen LogP contribution < -0.4 is 33.9 Å². The third kappa shape index (κ3) is 7.34. The van der Waals surface area contributed by atoms with E-state index in [9.17, 15) is 13.2 Å². The first-order valence-electron chi connectivity index (χ1n) is 10.4. The highest BCUT2D eigenvalue weighted by molar-refractivity contribution is 9.10. The van der Waals surface area contributed by atoms with Gasteiger partial charge in [-0.3, -0.25) is 4.79 Å². The maximum atomic E-state index is 13.4. The molecule has 0 radical (unpaired) electrons. The van der Waals surface area contributed by atoms with Crippen molar-refractivity contribution in [1.82, 2.24) is 4.98 Å². The summed E-state index contributed by atoms with van der Waals surface area (Å²) in [7, 11) is -8.85. The van der Waals surface area contributed by atoms with Crippen LogP contribution in [0.1, 0.15) is 27.4 Å². The summed E-state index contributed by atoms with van der Waals surface area (Å²) in [5, 5.41) is 5.93. The number of benzene rings is 2. The molecule has 196 valence electrons. The number of nitrogens with zero attached hydrogens (tertiary/aromatic N) is 1. The molecule has 37 heavy (non-hydrogen) atoms. The molecule has 0 atom stereocenters. The Morgan fingerprint density at radius 2 is 1.59 bits per heavy atom. The van der Waals surface area contributed by atoms with Gasteiger partial charge in [0, 0.05) is 46.9 Å². The molecule has 0 unspecified atom stereocenters. The molecule has 4 rings (SSSR count). The van der Waals surface area contributed by atoms with E-state index in [0.29, 0.717) is 22.2 Å². The van der Waals surface area contributed by atoms with Crippen LogP contribution in [0.4, 0.5) is 0 Å². The zero-order valence-corrected chi connectivity index (χ0v) is 22.9. The van der Waals surface area contributed by atoms with E-state index in [2.05, 4.69) is 26.3 Å². The number of aryl methyl sites for hydroxylation is 3. The molecule has 4 N–H and O–H groups in total. The van der Waals surface area contributed by atoms with Crippen molar-refractivity contribution >= 4 is 42.8 Å². The van der Waals surface area contributed by atoms with E-state index in [1.807, 2.05) is 57.2 Å². The number of aromatic amines is 1. The van der Waals surface area contributed by atoms with Crippen LogP contribution in [-0.4, -0.2) is 19.3 Å². The fourth-order valence-electron chi connectivity index (χ4n) is 3.90. The van der Waals surface area contributed by atoms with Gasteiger partial charge in [-0.2, -0.15) is 0 Å². The Morgan fingerprint density at radius 3 is 2.14 bits per heavy atom. The second-order valence-electron chi connectivity index (χ2n) is 8.11. The van der Waals surface area contributed by atoms with Crippen LogP contribution in [0.2, 0.25) is 0 Å². The lowest BCUT2D eigenvalue weighted by Gasteiger charge is -2.17. The van der Waals surface area contributed by atoms with Crippen LogP contribution in [0.15, 0.2) is 64.0 Å². The highest BCUT2D eigenvalue weighted by Crippen LogP contribution is 2.35. The fraction of sp³-hybridized carbons (Fsp3) is 0.130. The fourth-order valence-corrected chi connectivity index (χ4v) is 4.84. The minimum Gasteiger partial charge on any atom is -0.350 e. The van der Waals surface area contributed by atoms with Crippen LogP contribution in [0.3, 0.4) is 0 Å². The average Bonchev–Trinajstić information content (AvgIpc) is 3.13. The van der Waals surface area contributed by atoms with E-state index < -0.39 is 20.3 Å². The molecular formula is C23H22BrClN4O7S. The molecule has 1 amide bonds. The number of sulfonamides is 1. The first kappa shape index (κ1) is 28.7. The SMILES string of the molecule is Cc1cc(C)[n+](NC(=O)c2[nH]c3ccc(S(N)(=O)=O)cc3c2-c2cccc(Br)c2)c(C)c1.[O-][Cl+3]([O-])([O-])[O-]. The Kier molecular flexibility index (Phi) is 8.41. The molecule has 0 spiro atoms. The van der Waals surface area contributed by atoms with Crippen LogP contribution in [-0.2, 0) is 10.0 Å². The lowest BCUT2D eigenvalue weighted by molar-refractivity contribution is -2.00. The molecule has 0 aliphatic carbocycles. The van der Waals surface area contributed by atoms with E-state index in [1.165, 1.54) is 12.1 Å². The number of rotatable bonds is 4. The highest BCUT2D eigenvalue weighted by atomic mass is 79.9. The number of hydrogen-bond acceptors (Lipinski definition) is 7. The molecule has 0 aliphatic rings. The Labute approximate surface area is 223 Å². The van der Waals surface area contributed by atoms with Crippen LogP contribution in [0, 0.1) is 31.0 Å². The Hall–Kier alpha value is -2.88. The van der Waals surface area contributed by atoms with Gasteiger partial charge in [-0.1, -0.05) is 32.7 Å². The number of carbonyl (C=O) groups excluding carboxylic acids is 1. The zero-order chi connectivity index (χ0) is 27.7. The summed E-state index contributed by atoms with van der Waals surface area (Å²) < 4.78 is 60.4. The Bertz CT molecular complexity index is 1570. The summed E-state index contributed by atoms with van der Waals surface area (Å²) in [5.74, 6) is -0.353. The molecule has 0 bridgehead atoms. The van der Waals surface area contributed by atoms with Crippen molar-refractivity contribution in [2.75, 3.05) is 5.43 Å². The Morgan fingerprint density at radius 1 is 1.00 bits per heavy atom. The molecule has 2 aromatic heterocycles. The average molecular weight is 614 g/mol. The van der Waals surface area contributed by atoms with Crippen molar-refractivity contribution in [3.8, 4) is 11.1 Å². The number of aromatic nitrogens is 2. The number of nitrogens with two attached hydrogens (primary N) is 1. The lowest BCUT2D eigenvalue weighted by Crippen LogP contribution is -2.68. The summed E-state index contributed by atoms with van der Waals surface area (Å²) in [4.78, 5) is 16.5. The number of primary sulfonamides is 1. The standard InChI is InChI=1S/C23H21BrN4O3S.ClHO4/c1-13-9-14(2)28(15(3)10-13)27-23(29)22-21(16-5-4-6-17(24)11-16)19-12-18(32(25,30)31)7-8-20(19)26-22;2-1(3,4)5/h4-12H,1-3H3,(H3-,25,26,27,29,30,31);(H,2,3,4,5). The molecular weight excluding hydrogens is 592 g/mol. The molecule has 0 fully saturated rings. The van der Waals surface area contributed by atoms with Gasteiger partial charge in [0.25, 0.3) is 0 Å². The number of pyridine rings is 1. The van der Waals surface area contributed by atoms with E-state index in [0.717, 1.165) is 27.0 Å². The molecule has 0 saturated carbocycles. The second kappa shape index (κ2) is 10.8. The van der Waals surface area contributed by atoms with Gasteiger partial charge in [-0.05, 0) is 48.4 Å². The zero-order valence-electron chi connectivity index (χ0n) is 19.7. The van der Waals surface area contributed by atoms with Crippen molar-refractivity contribution in [1.29, 1.82) is 0 Å². The Balaban J connectivity index is 0.000000695. The summed E-state index contributed by atoms with van der Waals surface area (Å²) in [6.07, 6.45) is 0. The molecule has 2 heterocycles. The quantitative estimate of drug-likeness (QED) is 0.247. The first-order valence-corrected chi connectivity index (χ1v) is 14.0. The molecule has 11 nitrogen and oxygen atoms in total. The molecule has 2 aromatic carbocycles. The van der Waals surface area contributed by atoms with Gasteiger partial charge in [0.05, 0.1) is 4.90 Å². The minimum atomic E-state index is -4.94. The van der Waals surface area contributed by atoms with Crippen LogP contribution in [0.25, 0.3) is 22.0 Å². The smallest absolute Gasteiger partial charge is 0.322 e. The lowest BCUT2D eigenvalue weighted by atomic mass is 10.0. The summed E-state index contributed by atoms with van der Waals surface area (Å²) in [6.45, 7) is 5.83. The van der Waals surface area contributed by atoms with Crippen LogP contribution >= 0.6 is 15.9 Å². The van der Waals surface area contributed by atoms with E-state index >= 15 is 0 Å². The maximum Gasteiger partial charge on any atom is 0.322 e. The predicted octanol–water partition coefficient (Wildman–Crippen LogP) is -0.915. The van der Waals surface area contributed by atoms with Gasteiger partial charge in [0.1, 0.15) is 5.69 Å². The predicted molar refractivity (Wildman–Crippen MR) is 127 cm³/mol.